The average molecular weight is 311 g/mol. The molecule has 1 aromatic rings. The molecule has 0 aromatic heterocycles. The fourth-order valence-corrected chi connectivity index (χ4v) is 3.69. The van der Waals surface area contributed by atoms with Crippen molar-refractivity contribution in [3.05, 3.63) is 34.4 Å². The number of nitro groups is 1. The van der Waals surface area contributed by atoms with Gasteiger partial charge in [-0.1, -0.05) is 35.7 Å². The first-order chi connectivity index (χ1) is 9.58. The summed E-state index contributed by atoms with van der Waals surface area (Å²) in [6.45, 7) is 2.54. The minimum Gasteiger partial charge on any atom is -0.319 e. The Morgan fingerprint density at radius 3 is 2.95 bits per heavy atom. The lowest BCUT2D eigenvalue weighted by Gasteiger charge is -2.11. The summed E-state index contributed by atoms with van der Waals surface area (Å²) < 4.78 is 0.898. The van der Waals surface area contributed by atoms with Crippen LogP contribution < -0.4 is 5.32 Å². The second-order valence-electron chi connectivity index (χ2n) is 4.02. The monoisotopic (exact) mass is 311 g/mol. The van der Waals surface area contributed by atoms with Crippen LogP contribution in [-0.2, 0) is 4.79 Å². The number of nitrogens with one attached hydrogen (secondary N) is 1. The third kappa shape index (κ3) is 3.73. The number of benzene rings is 1. The number of aliphatic imine (C=N–C) groups is 1. The molecule has 1 N–H and O–H groups in total. The molecule has 2 rings (SSSR count). The van der Waals surface area contributed by atoms with Crippen LogP contribution in [0.25, 0.3) is 0 Å². The Bertz CT molecular complexity index is 563. The minimum atomic E-state index is -0.510. The fraction of sp³-hybridized carbons (Fsp3) is 0.333. The molecule has 0 radical (unpaired) electrons. The molecule has 6 nitrogen and oxygen atoms in total. The normalized spacial score (nSPS) is 15.6. The quantitative estimate of drug-likeness (QED) is 0.682. The van der Waals surface area contributed by atoms with Crippen molar-refractivity contribution >= 4 is 45.2 Å². The van der Waals surface area contributed by atoms with Crippen LogP contribution in [0, 0.1) is 10.1 Å². The number of rotatable bonds is 4. The van der Waals surface area contributed by atoms with Crippen molar-refractivity contribution in [1.29, 1.82) is 0 Å². The summed E-state index contributed by atoms with van der Waals surface area (Å²) in [5.41, 5.74) is 0.113. The molecule has 1 aliphatic heterocycles. The summed E-state index contributed by atoms with van der Waals surface area (Å²) >= 11 is 3.01. The first-order valence-corrected chi connectivity index (χ1v) is 7.82. The van der Waals surface area contributed by atoms with Crippen LogP contribution in [0.3, 0.4) is 0 Å². The highest BCUT2D eigenvalue weighted by atomic mass is 32.2. The van der Waals surface area contributed by atoms with Crippen molar-refractivity contribution in [3.8, 4) is 0 Å². The van der Waals surface area contributed by atoms with E-state index in [0.717, 1.165) is 16.7 Å². The molecule has 106 valence electrons. The van der Waals surface area contributed by atoms with Crippen LogP contribution in [0.15, 0.2) is 29.3 Å². The minimum absolute atomic E-state index is 0.106. The fourth-order valence-electron chi connectivity index (χ4n) is 1.56. The van der Waals surface area contributed by atoms with E-state index in [-0.39, 0.29) is 22.5 Å². The molecule has 0 saturated heterocycles. The van der Waals surface area contributed by atoms with Crippen LogP contribution in [0.1, 0.15) is 6.92 Å². The van der Waals surface area contributed by atoms with Gasteiger partial charge in [0.25, 0.3) is 5.69 Å². The molecule has 0 spiro atoms. The first-order valence-electron chi connectivity index (χ1n) is 5.96. The highest BCUT2D eigenvalue weighted by Gasteiger charge is 2.21. The first kappa shape index (κ1) is 14.9. The molecule has 0 unspecified atom stereocenters. The Hall–Kier alpha value is -1.54. The van der Waals surface area contributed by atoms with Crippen LogP contribution in [0.4, 0.5) is 11.4 Å². The number of thioether (sulfide) groups is 2. The van der Waals surface area contributed by atoms with Gasteiger partial charge in [0.2, 0.25) is 5.91 Å². The van der Waals surface area contributed by atoms with E-state index in [1.165, 1.54) is 23.9 Å². The number of nitro benzene ring substituents is 1. The number of para-hydroxylation sites is 2. The molecule has 1 aliphatic rings. The molecule has 1 amide bonds. The van der Waals surface area contributed by atoms with Crippen LogP contribution in [0.2, 0.25) is 0 Å². The molecule has 0 fully saturated rings. The van der Waals surface area contributed by atoms with Gasteiger partial charge < -0.3 is 5.32 Å². The second-order valence-corrected chi connectivity index (χ2v) is 6.69. The van der Waals surface area contributed by atoms with Gasteiger partial charge in [-0.2, -0.15) is 0 Å². The third-order valence-corrected chi connectivity index (χ3v) is 4.87. The second kappa shape index (κ2) is 6.76. The van der Waals surface area contributed by atoms with Gasteiger partial charge in [-0.05, 0) is 13.0 Å². The number of carbonyl (C=O) groups is 1. The van der Waals surface area contributed by atoms with E-state index >= 15 is 0 Å². The standard InChI is InChI=1S/C12H13N3O3S2/c1-8(20-12-13-6-7-19-12)11(16)14-9-4-2-3-5-10(9)15(17)18/h2-5,8H,6-7H2,1H3,(H,14,16)/t8-/m1/s1. The topological polar surface area (TPSA) is 84.6 Å². The van der Waals surface area contributed by atoms with Gasteiger partial charge in [-0.25, -0.2) is 0 Å². The molecular weight excluding hydrogens is 298 g/mol. The van der Waals surface area contributed by atoms with Crippen molar-refractivity contribution in [3.63, 3.8) is 0 Å². The number of hydrogen-bond acceptors (Lipinski definition) is 6. The molecule has 0 saturated carbocycles. The molecule has 0 bridgehead atoms. The van der Waals surface area contributed by atoms with Gasteiger partial charge in [-0.3, -0.25) is 19.9 Å². The summed E-state index contributed by atoms with van der Waals surface area (Å²) in [6.07, 6.45) is 0. The molecule has 0 aliphatic carbocycles. The van der Waals surface area contributed by atoms with Gasteiger partial charge >= 0.3 is 0 Å². The molecule has 1 atom stereocenters. The number of hydrogen-bond donors (Lipinski definition) is 1. The molecule has 1 aromatic carbocycles. The summed E-state index contributed by atoms with van der Waals surface area (Å²) in [6, 6.07) is 6.10. The van der Waals surface area contributed by atoms with Crippen LogP contribution in [-0.4, -0.2) is 32.8 Å². The zero-order valence-corrected chi connectivity index (χ0v) is 12.4. The average Bonchev–Trinajstić information content (AvgIpc) is 2.91. The Labute approximate surface area is 124 Å². The third-order valence-electron chi connectivity index (χ3n) is 2.56. The highest BCUT2D eigenvalue weighted by molar-refractivity contribution is 8.39. The van der Waals surface area contributed by atoms with Gasteiger partial charge in [0.15, 0.2) is 0 Å². The molecular formula is C12H13N3O3S2. The summed E-state index contributed by atoms with van der Waals surface area (Å²) in [7, 11) is 0. The number of amides is 1. The number of nitrogens with zero attached hydrogens (tertiary/aromatic N) is 2. The summed E-state index contributed by atoms with van der Waals surface area (Å²) in [5, 5.41) is 13.1. The predicted octanol–water partition coefficient (Wildman–Crippen LogP) is 2.76. The summed E-state index contributed by atoms with van der Waals surface area (Å²) in [4.78, 5) is 26.7. The van der Waals surface area contributed by atoms with E-state index in [0.29, 0.717) is 0 Å². The number of anilines is 1. The maximum atomic E-state index is 12.1. The van der Waals surface area contributed by atoms with Crippen LogP contribution in [0.5, 0.6) is 0 Å². The van der Waals surface area contributed by atoms with E-state index in [4.69, 9.17) is 0 Å². The van der Waals surface area contributed by atoms with Crippen molar-refractivity contribution < 1.29 is 9.72 Å². The zero-order chi connectivity index (χ0) is 14.5. The van der Waals surface area contributed by atoms with Crippen LogP contribution >= 0.6 is 23.5 Å². The van der Waals surface area contributed by atoms with Gasteiger partial charge in [-0.15, -0.1) is 0 Å². The van der Waals surface area contributed by atoms with Crippen molar-refractivity contribution in [1.82, 2.24) is 0 Å². The van der Waals surface area contributed by atoms with Crippen molar-refractivity contribution in [2.45, 2.75) is 12.2 Å². The van der Waals surface area contributed by atoms with E-state index in [2.05, 4.69) is 10.3 Å². The maximum absolute atomic E-state index is 12.1. The van der Waals surface area contributed by atoms with Gasteiger partial charge in [0.05, 0.1) is 16.7 Å². The van der Waals surface area contributed by atoms with E-state index < -0.39 is 4.92 Å². The molecule has 20 heavy (non-hydrogen) atoms. The predicted molar refractivity (Wildman–Crippen MR) is 83.5 cm³/mol. The zero-order valence-electron chi connectivity index (χ0n) is 10.7. The van der Waals surface area contributed by atoms with Gasteiger partial charge in [0, 0.05) is 11.8 Å². The largest absolute Gasteiger partial charge is 0.319 e. The lowest BCUT2D eigenvalue weighted by atomic mass is 10.2. The van der Waals surface area contributed by atoms with E-state index in [9.17, 15) is 14.9 Å². The van der Waals surface area contributed by atoms with Crippen molar-refractivity contribution in [2.75, 3.05) is 17.6 Å². The number of carbonyl (C=O) groups excluding carboxylic acids is 1. The summed E-state index contributed by atoms with van der Waals surface area (Å²) in [5.74, 6) is 0.681. The lowest BCUT2D eigenvalue weighted by Crippen LogP contribution is -2.23. The Kier molecular flexibility index (Phi) is 5.02. The Morgan fingerprint density at radius 2 is 2.30 bits per heavy atom. The lowest BCUT2D eigenvalue weighted by molar-refractivity contribution is -0.383. The molecule has 8 heteroatoms. The highest BCUT2D eigenvalue weighted by Crippen LogP contribution is 2.28. The SMILES string of the molecule is C[C@@H](SC1=NCCS1)C(=O)Nc1ccccc1[N+](=O)[O-]. The van der Waals surface area contributed by atoms with E-state index in [1.807, 2.05) is 0 Å². The van der Waals surface area contributed by atoms with Gasteiger partial charge in [0.1, 0.15) is 10.1 Å². The Balaban J connectivity index is 2.02. The van der Waals surface area contributed by atoms with Crippen molar-refractivity contribution in [2.24, 2.45) is 4.99 Å². The molecule has 1 heterocycles. The van der Waals surface area contributed by atoms with E-state index in [1.54, 1.807) is 30.8 Å². The maximum Gasteiger partial charge on any atom is 0.292 e. The Morgan fingerprint density at radius 1 is 1.55 bits per heavy atom. The smallest absolute Gasteiger partial charge is 0.292 e.